The number of carbonyl (C=O) groups excluding carboxylic acids is 1. The van der Waals surface area contributed by atoms with Crippen molar-refractivity contribution in [3.05, 3.63) is 63.9 Å². The minimum absolute atomic E-state index is 0.306. The van der Waals surface area contributed by atoms with Crippen molar-refractivity contribution in [2.45, 2.75) is 6.54 Å². The van der Waals surface area contributed by atoms with E-state index in [9.17, 15) is 9.18 Å². The molecule has 0 fully saturated rings. The van der Waals surface area contributed by atoms with Crippen LogP contribution in [0.25, 0.3) is 0 Å². The molecule has 0 amide bonds. The van der Waals surface area contributed by atoms with Crippen molar-refractivity contribution < 1.29 is 13.9 Å². The lowest BCUT2D eigenvalue weighted by Gasteiger charge is -2.08. The van der Waals surface area contributed by atoms with Crippen molar-refractivity contribution in [3.8, 4) is 0 Å². The van der Waals surface area contributed by atoms with Crippen LogP contribution in [-0.2, 0) is 11.3 Å². The number of ether oxygens (including phenoxy) is 1. The van der Waals surface area contributed by atoms with Gasteiger partial charge in [-0.3, -0.25) is 0 Å². The molecule has 0 radical (unpaired) electrons. The van der Waals surface area contributed by atoms with E-state index in [2.05, 4.69) is 26.0 Å². The van der Waals surface area contributed by atoms with E-state index in [-0.39, 0.29) is 11.8 Å². The smallest absolute Gasteiger partial charge is 0.337 e. The summed E-state index contributed by atoms with van der Waals surface area (Å²) in [6.45, 7) is 0.467. The number of hydrogen-bond acceptors (Lipinski definition) is 3. The number of hydrogen-bond donors (Lipinski definition) is 1. The fourth-order valence-electron chi connectivity index (χ4n) is 1.71. The van der Waals surface area contributed by atoms with E-state index >= 15 is 0 Å². The lowest BCUT2D eigenvalue weighted by Crippen LogP contribution is -2.04. The van der Waals surface area contributed by atoms with Gasteiger partial charge < -0.3 is 10.1 Å². The van der Waals surface area contributed by atoms with E-state index in [1.54, 1.807) is 36.4 Å². The van der Waals surface area contributed by atoms with E-state index in [4.69, 9.17) is 0 Å². The molecule has 2 aromatic carbocycles. The zero-order valence-corrected chi connectivity index (χ0v) is 12.4. The monoisotopic (exact) mass is 337 g/mol. The van der Waals surface area contributed by atoms with Gasteiger partial charge in [0.2, 0.25) is 0 Å². The Labute approximate surface area is 124 Å². The van der Waals surface area contributed by atoms with Gasteiger partial charge in [-0.2, -0.15) is 0 Å². The summed E-state index contributed by atoms with van der Waals surface area (Å²) in [6, 6.07) is 11.7. The molecule has 0 unspecified atom stereocenters. The summed E-state index contributed by atoms with van der Waals surface area (Å²) >= 11 is 3.30. The first-order valence-electron chi connectivity index (χ1n) is 5.96. The van der Waals surface area contributed by atoms with Crippen LogP contribution in [0.2, 0.25) is 0 Å². The first-order valence-corrected chi connectivity index (χ1v) is 6.75. The molecule has 0 aliphatic rings. The van der Waals surface area contributed by atoms with Gasteiger partial charge in [-0.25, -0.2) is 9.18 Å². The van der Waals surface area contributed by atoms with Crippen LogP contribution in [0.5, 0.6) is 0 Å². The normalized spacial score (nSPS) is 10.2. The number of esters is 1. The summed E-state index contributed by atoms with van der Waals surface area (Å²) in [5.74, 6) is -0.679. The molecule has 3 nitrogen and oxygen atoms in total. The average Bonchev–Trinajstić information content (AvgIpc) is 2.48. The van der Waals surface area contributed by atoms with Gasteiger partial charge in [-0.1, -0.05) is 28.1 Å². The largest absolute Gasteiger partial charge is 0.465 e. The Bertz CT molecular complexity index is 614. The number of carbonyl (C=O) groups is 1. The van der Waals surface area contributed by atoms with E-state index in [1.807, 2.05) is 0 Å². The highest BCUT2D eigenvalue weighted by Gasteiger charge is 2.05. The highest BCUT2D eigenvalue weighted by Crippen LogP contribution is 2.20. The van der Waals surface area contributed by atoms with Crippen molar-refractivity contribution in [1.82, 2.24) is 0 Å². The second-order valence-corrected chi connectivity index (χ2v) is 5.08. The van der Waals surface area contributed by atoms with Crippen LogP contribution in [0.4, 0.5) is 10.1 Å². The first-order chi connectivity index (χ1) is 9.60. The molecule has 0 saturated carbocycles. The summed E-state index contributed by atoms with van der Waals surface area (Å²) in [7, 11) is 1.34. The number of benzene rings is 2. The molecule has 2 rings (SSSR count). The van der Waals surface area contributed by atoms with Crippen LogP contribution in [-0.4, -0.2) is 13.1 Å². The zero-order chi connectivity index (χ0) is 14.5. The quantitative estimate of drug-likeness (QED) is 0.857. The van der Waals surface area contributed by atoms with Crippen molar-refractivity contribution >= 4 is 27.6 Å². The number of halogens is 2. The molecular formula is C15H13BrFNO2. The van der Waals surface area contributed by atoms with Gasteiger partial charge in [0.1, 0.15) is 5.82 Å². The van der Waals surface area contributed by atoms with Gasteiger partial charge in [-0.05, 0) is 35.9 Å². The van der Waals surface area contributed by atoms with Gasteiger partial charge in [0, 0.05) is 11.0 Å². The topological polar surface area (TPSA) is 38.3 Å². The summed E-state index contributed by atoms with van der Waals surface area (Å²) in [4.78, 5) is 11.3. The van der Waals surface area contributed by atoms with Crippen molar-refractivity contribution in [1.29, 1.82) is 0 Å². The van der Waals surface area contributed by atoms with Crippen molar-refractivity contribution in [2.24, 2.45) is 0 Å². The molecule has 2 aromatic rings. The van der Waals surface area contributed by atoms with Crippen LogP contribution in [0, 0.1) is 5.82 Å². The Kier molecular flexibility index (Phi) is 4.74. The van der Waals surface area contributed by atoms with Crippen LogP contribution >= 0.6 is 15.9 Å². The standard InChI is InChI=1S/C15H13BrFNO2/c1-20-15(19)11-4-2-10(3-5-11)9-18-14-8-12(16)6-7-13(14)17/h2-8,18H,9H2,1H3. The van der Waals surface area contributed by atoms with Crippen molar-refractivity contribution in [2.75, 3.05) is 12.4 Å². The molecule has 104 valence electrons. The molecule has 1 N–H and O–H groups in total. The van der Waals surface area contributed by atoms with Gasteiger partial charge in [0.15, 0.2) is 0 Å². The van der Waals surface area contributed by atoms with E-state index in [0.717, 1.165) is 10.0 Å². The lowest BCUT2D eigenvalue weighted by molar-refractivity contribution is 0.0600. The Hall–Kier alpha value is -1.88. The maximum absolute atomic E-state index is 13.5. The summed E-state index contributed by atoms with van der Waals surface area (Å²) in [6.07, 6.45) is 0. The maximum atomic E-state index is 13.5. The third kappa shape index (κ3) is 3.57. The Morgan fingerprint density at radius 1 is 1.25 bits per heavy atom. The fraction of sp³-hybridized carbons (Fsp3) is 0.133. The average molecular weight is 338 g/mol. The van der Waals surface area contributed by atoms with Gasteiger partial charge in [0.05, 0.1) is 18.4 Å². The van der Waals surface area contributed by atoms with Crippen LogP contribution in [0.3, 0.4) is 0 Å². The van der Waals surface area contributed by atoms with Crippen molar-refractivity contribution in [3.63, 3.8) is 0 Å². The fourth-order valence-corrected chi connectivity index (χ4v) is 2.07. The molecule has 0 aromatic heterocycles. The summed E-state index contributed by atoms with van der Waals surface area (Å²) < 4.78 is 19.0. The molecular weight excluding hydrogens is 325 g/mol. The van der Waals surface area contributed by atoms with Gasteiger partial charge in [-0.15, -0.1) is 0 Å². The zero-order valence-electron chi connectivity index (χ0n) is 10.8. The van der Waals surface area contributed by atoms with Crippen LogP contribution in [0.1, 0.15) is 15.9 Å². The molecule has 0 aliphatic carbocycles. The number of nitrogens with one attached hydrogen (secondary N) is 1. The third-order valence-corrected chi connectivity index (χ3v) is 3.28. The second kappa shape index (κ2) is 6.52. The minimum atomic E-state index is -0.373. The SMILES string of the molecule is COC(=O)c1ccc(CNc2cc(Br)ccc2F)cc1. The maximum Gasteiger partial charge on any atom is 0.337 e. The molecule has 0 aliphatic heterocycles. The summed E-state index contributed by atoms with van der Waals surface area (Å²) in [5.41, 5.74) is 1.86. The van der Waals surface area contributed by atoms with Gasteiger partial charge in [0.25, 0.3) is 0 Å². The predicted octanol–water partition coefficient (Wildman–Crippen LogP) is 3.99. The molecule has 0 bridgehead atoms. The highest BCUT2D eigenvalue weighted by atomic mass is 79.9. The van der Waals surface area contributed by atoms with E-state index < -0.39 is 0 Å². The molecule has 5 heteroatoms. The summed E-state index contributed by atoms with van der Waals surface area (Å²) in [5, 5.41) is 3.01. The second-order valence-electron chi connectivity index (χ2n) is 4.17. The molecule has 0 spiro atoms. The van der Waals surface area contributed by atoms with Crippen LogP contribution < -0.4 is 5.32 Å². The number of methoxy groups -OCH3 is 1. The first kappa shape index (κ1) is 14.5. The van der Waals surface area contributed by atoms with E-state index in [0.29, 0.717) is 17.8 Å². The molecule has 0 heterocycles. The Morgan fingerprint density at radius 3 is 2.60 bits per heavy atom. The Morgan fingerprint density at radius 2 is 1.95 bits per heavy atom. The molecule has 0 atom stereocenters. The molecule has 20 heavy (non-hydrogen) atoms. The number of anilines is 1. The minimum Gasteiger partial charge on any atom is -0.465 e. The van der Waals surface area contributed by atoms with Crippen LogP contribution in [0.15, 0.2) is 46.9 Å². The van der Waals surface area contributed by atoms with E-state index in [1.165, 1.54) is 13.2 Å². The molecule has 0 saturated heterocycles. The third-order valence-electron chi connectivity index (χ3n) is 2.79. The lowest BCUT2D eigenvalue weighted by atomic mass is 10.1. The highest BCUT2D eigenvalue weighted by molar-refractivity contribution is 9.10. The number of rotatable bonds is 4. The predicted molar refractivity (Wildman–Crippen MR) is 79.2 cm³/mol. The van der Waals surface area contributed by atoms with Gasteiger partial charge >= 0.3 is 5.97 Å². The Balaban J connectivity index is 2.04.